The van der Waals surface area contributed by atoms with Crippen molar-refractivity contribution in [3.63, 3.8) is 0 Å². The van der Waals surface area contributed by atoms with Crippen molar-refractivity contribution in [3.8, 4) is 0 Å². The van der Waals surface area contributed by atoms with E-state index in [4.69, 9.17) is 0 Å². The Morgan fingerprint density at radius 3 is 2.53 bits per heavy atom. The number of nitrogens with zero attached hydrogens (tertiary/aromatic N) is 1. The van der Waals surface area contributed by atoms with E-state index in [-0.39, 0.29) is 11.5 Å². The molecule has 0 spiro atoms. The molecule has 8 heteroatoms. The number of aromatic nitrogens is 2. The van der Waals surface area contributed by atoms with Gasteiger partial charge in [-0.2, -0.15) is 18.3 Å². The predicted molar refractivity (Wildman–Crippen MR) is 62.7 cm³/mol. The zero-order valence-corrected chi connectivity index (χ0v) is 9.45. The Morgan fingerprint density at radius 2 is 1.89 bits per heavy atom. The summed E-state index contributed by atoms with van der Waals surface area (Å²) in [5.41, 5.74) is -1.22. The molecule has 1 heterocycles. The molecule has 0 aliphatic rings. The molecule has 0 unspecified atom stereocenters. The Bertz CT molecular complexity index is 566. The largest absolute Gasteiger partial charge is 0.418 e. The first-order chi connectivity index (χ1) is 8.97. The van der Waals surface area contributed by atoms with Crippen LogP contribution < -0.4 is 10.6 Å². The van der Waals surface area contributed by atoms with Crippen molar-refractivity contribution in [1.82, 2.24) is 10.2 Å². The van der Waals surface area contributed by atoms with Crippen LogP contribution in [0, 0.1) is 0 Å². The molecular weight excluding hydrogens is 261 g/mol. The van der Waals surface area contributed by atoms with Crippen LogP contribution in [0.2, 0.25) is 0 Å². The highest BCUT2D eigenvalue weighted by atomic mass is 19.4. The summed E-state index contributed by atoms with van der Waals surface area (Å²) in [6.07, 6.45) is -3.13. The number of urea groups is 1. The van der Waals surface area contributed by atoms with E-state index in [0.717, 1.165) is 6.07 Å². The molecule has 5 nitrogen and oxygen atoms in total. The molecule has 0 fully saturated rings. The Balaban J connectivity index is 2.13. The van der Waals surface area contributed by atoms with Crippen LogP contribution in [-0.2, 0) is 6.18 Å². The first-order valence-corrected chi connectivity index (χ1v) is 5.20. The lowest BCUT2D eigenvalue weighted by atomic mass is 10.1. The summed E-state index contributed by atoms with van der Waals surface area (Å²) in [4.78, 5) is 11.5. The van der Waals surface area contributed by atoms with E-state index in [1.165, 1.54) is 30.5 Å². The third kappa shape index (κ3) is 3.24. The molecule has 2 rings (SSSR count). The number of aromatic amines is 1. The molecule has 0 bridgehead atoms. The maximum atomic E-state index is 12.7. The van der Waals surface area contributed by atoms with E-state index in [0.29, 0.717) is 0 Å². The maximum Gasteiger partial charge on any atom is 0.418 e. The van der Waals surface area contributed by atoms with Gasteiger partial charge in [-0.25, -0.2) is 4.79 Å². The first-order valence-electron chi connectivity index (χ1n) is 5.20. The van der Waals surface area contributed by atoms with Gasteiger partial charge in [-0.05, 0) is 12.1 Å². The molecule has 2 amide bonds. The van der Waals surface area contributed by atoms with Crippen molar-refractivity contribution >= 4 is 17.5 Å². The first kappa shape index (κ1) is 12.9. The molecule has 0 aliphatic carbocycles. The summed E-state index contributed by atoms with van der Waals surface area (Å²) in [5, 5.41) is 10.5. The van der Waals surface area contributed by atoms with Gasteiger partial charge in [0.05, 0.1) is 17.4 Å². The minimum Gasteiger partial charge on any atom is -0.307 e. The SMILES string of the molecule is O=C(Nc1ccn[nH]1)Nc1ccccc1C(F)(F)F. The minimum absolute atomic E-state index is 0.280. The van der Waals surface area contributed by atoms with Crippen molar-refractivity contribution in [2.45, 2.75) is 6.18 Å². The van der Waals surface area contributed by atoms with Gasteiger partial charge in [0.1, 0.15) is 5.82 Å². The molecule has 2 aromatic rings. The summed E-state index contributed by atoms with van der Waals surface area (Å²) < 4.78 is 38.1. The van der Waals surface area contributed by atoms with Crippen molar-refractivity contribution in [1.29, 1.82) is 0 Å². The Hall–Kier alpha value is -2.51. The molecule has 0 aliphatic heterocycles. The number of amides is 2. The molecule has 100 valence electrons. The van der Waals surface area contributed by atoms with Crippen molar-refractivity contribution < 1.29 is 18.0 Å². The van der Waals surface area contributed by atoms with Gasteiger partial charge >= 0.3 is 12.2 Å². The van der Waals surface area contributed by atoms with Gasteiger partial charge in [0.15, 0.2) is 0 Å². The standard InChI is InChI=1S/C11H9F3N4O/c12-11(13,14)7-3-1-2-4-8(7)16-10(19)17-9-5-6-15-18-9/h1-6H,(H3,15,16,17,18,19). The second-order valence-corrected chi connectivity index (χ2v) is 3.59. The van der Waals surface area contributed by atoms with Crippen LogP contribution in [0.25, 0.3) is 0 Å². The molecule has 1 aromatic carbocycles. The van der Waals surface area contributed by atoms with Crippen LogP contribution in [0.1, 0.15) is 5.56 Å². The number of halogens is 3. The molecule has 1 aromatic heterocycles. The molecular formula is C11H9F3N4O. The quantitative estimate of drug-likeness (QED) is 0.784. The van der Waals surface area contributed by atoms with E-state index in [9.17, 15) is 18.0 Å². The summed E-state index contributed by atoms with van der Waals surface area (Å²) in [5.74, 6) is 0.280. The summed E-state index contributed by atoms with van der Waals surface area (Å²) in [6, 6.07) is 5.40. The molecule has 3 N–H and O–H groups in total. The van der Waals surface area contributed by atoms with Crippen LogP contribution in [0.5, 0.6) is 0 Å². The average molecular weight is 270 g/mol. The fourth-order valence-electron chi connectivity index (χ4n) is 1.44. The van der Waals surface area contributed by atoms with Crippen LogP contribution >= 0.6 is 0 Å². The fourth-order valence-corrected chi connectivity index (χ4v) is 1.44. The lowest BCUT2D eigenvalue weighted by Gasteiger charge is -2.13. The highest BCUT2D eigenvalue weighted by Gasteiger charge is 2.33. The third-order valence-electron chi connectivity index (χ3n) is 2.23. The van der Waals surface area contributed by atoms with Crippen LogP contribution in [0.3, 0.4) is 0 Å². The number of benzene rings is 1. The number of H-pyrrole nitrogens is 1. The van der Waals surface area contributed by atoms with Crippen molar-refractivity contribution in [2.75, 3.05) is 10.6 Å². The van der Waals surface area contributed by atoms with E-state index in [1.54, 1.807) is 0 Å². The number of carbonyl (C=O) groups excluding carboxylic acids is 1. The van der Waals surface area contributed by atoms with Crippen LogP contribution in [0.4, 0.5) is 29.5 Å². The fraction of sp³-hybridized carbons (Fsp3) is 0.0909. The summed E-state index contributed by atoms with van der Waals surface area (Å²) >= 11 is 0. The summed E-state index contributed by atoms with van der Waals surface area (Å²) in [6.45, 7) is 0. The topological polar surface area (TPSA) is 69.8 Å². The predicted octanol–water partition coefficient (Wildman–Crippen LogP) is 3.07. The summed E-state index contributed by atoms with van der Waals surface area (Å²) in [7, 11) is 0. The van der Waals surface area contributed by atoms with E-state index >= 15 is 0 Å². The van der Waals surface area contributed by atoms with Gasteiger partial charge in [0.25, 0.3) is 0 Å². The average Bonchev–Trinajstić information content (AvgIpc) is 2.81. The van der Waals surface area contributed by atoms with Crippen molar-refractivity contribution in [3.05, 3.63) is 42.1 Å². The number of rotatable bonds is 2. The molecule has 0 radical (unpaired) electrons. The van der Waals surface area contributed by atoms with Gasteiger partial charge in [-0.1, -0.05) is 12.1 Å². The molecule has 0 saturated carbocycles. The third-order valence-corrected chi connectivity index (χ3v) is 2.23. The smallest absolute Gasteiger partial charge is 0.307 e. The van der Waals surface area contributed by atoms with Crippen LogP contribution in [0.15, 0.2) is 36.5 Å². The highest BCUT2D eigenvalue weighted by Crippen LogP contribution is 2.34. The lowest BCUT2D eigenvalue weighted by Crippen LogP contribution is -2.22. The monoisotopic (exact) mass is 270 g/mol. The second-order valence-electron chi connectivity index (χ2n) is 3.59. The van der Waals surface area contributed by atoms with E-state index in [1.807, 2.05) is 0 Å². The number of carbonyl (C=O) groups is 1. The van der Waals surface area contributed by atoms with Gasteiger partial charge in [-0.15, -0.1) is 0 Å². The molecule has 19 heavy (non-hydrogen) atoms. The van der Waals surface area contributed by atoms with Gasteiger partial charge in [0, 0.05) is 6.07 Å². The van der Waals surface area contributed by atoms with Gasteiger partial charge in [-0.3, -0.25) is 10.4 Å². The second kappa shape index (κ2) is 5.01. The maximum absolute atomic E-state index is 12.7. The molecule has 0 atom stereocenters. The minimum atomic E-state index is -4.53. The van der Waals surface area contributed by atoms with Crippen LogP contribution in [-0.4, -0.2) is 16.2 Å². The van der Waals surface area contributed by atoms with Gasteiger partial charge in [0.2, 0.25) is 0 Å². The van der Waals surface area contributed by atoms with E-state index < -0.39 is 17.8 Å². The number of anilines is 2. The Morgan fingerprint density at radius 1 is 1.16 bits per heavy atom. The normalized spacial score (nSPS) is 11.1. The zero-order chi connectivity index (χ0) is 13.9. The van der Waals surface area contributed by atoms with Crippen molar-refractivity contribution in [2.24, 2.45) is 0 Å². The number of hydrogen-bond donors (Lipinski definition) is 3. The Labute approximate surface area is 105 Å². The Kier molecular flexibility index (Phi) is 3.41. The number of alkyl halides is 3. The number of para-hydroxylation sites is 1. The number of hydrogen-bond acceptors (Lipinski definition) is 2. The van der Waals surface area contributed by atoms with Gasteiger partial charge < -0.3 is 5.32 Å². The number of nitrogens with one attached hydrogen (secondary N) is 3. The lowest BCUT2D eigenvalue weighted by molar-refractivity contribution is -0.136. The zero-order valence-electron chi connectivity index (χ0n) is 9.45. The molecule has 0 saturated heterocycles. The highest BCUT2D eigenvalue weighted by molar-refractivity contribution is 5.99. The van der Waals surface area contributed by atoms with E-state index in [2.05, 4.69) is 20.8 Å².